The minimum atomic E-state index is -0.216. The molecule has 2 aromatic carbocycles. The summed E-state index contributed by atoms with van der Waals surface area (Å²) in [4.78, 5) is 0. The highest BCUT2D eigenvalue weighted by Crippen LogP contribution is 2.24. The molecular formula is C17H19BrFN. The SMILES string of the molecule is CCNC(CCc1ccccc1)c1ccc(F)c(Br)c1. The molecule has 0 saturated heterocycles. The third kappa shape index (κ3) is 4.15. The van der Waals surface area contributed by atoms with Gasteiger partial charge in [-0.15, -0.1) is 0 Å². The van der Waals surface area contributed by atoms with E-state index in [0.29, 0.717) is 4.47 Å². The summed E-state index contributed by atoms with van der Waals surface area (Å²) in [6.45, 7) is 2.99. The Morgan fingerprint density at radius 1 is 1.15 bits per heavy atom. The summed E-state index contributed by atoms with van der Waals surface area (Å²) < 4.78 is 13.9. The van der Waals surface area contributed by atoms with Gasteiger partial charge in [-0.3, -0.25) is 0 Å². The molecule has 3 heteroatoms. The molecule has 1 N–H and O–H groups in total. The van der Waals surface area contributed by atoms with Gasteiger partial charge >= 0.3 is 0 Å². The third-order valence-electron chi connectivity index (χ3n) is 3.36. The number of rotatable bonds is 6. The van der Waals surface area contributed by atoms with E-state index in [4.69, 9.17) is 0 Å². The zero-order valence-corrected chi connectivity index (χ0v) is 13.2. The van der Waals surface area contributed by atoms with Crippen molar-refractivity contribution in [2.75, 3.05) is 6.54 Å². The van der Waals surface area contributed by atoms with Crippen molar-refractivity contribution in [3.8, 4) is 0 Å². The molecule has 2 rings (SSSR count). The van der Waals surface area contributed by atoms with Crippen LogP contribution in [-0.4, -0.2) is 6.54 Å². The first kappa shape index (κ1) is 15.2. The van der Waals surface area contributed by atoms with Gasteiger partial charge in [-0.05, 0) is 58.6 Å². The number of benzene rings is 2. The summed E-state index contributed by atoms with van der Waals surface area (Å²) in [5, 5.41) is 3.47. The highest BCUT2D eigenvalue weighted by atomic mass is 79.9. The maximum atomic E-state index is 13.3. The second-order valence-electron chi connectivity index (χ2n) is 4.81. The normalized spacial score (nSPS) is 12.3. The average Bonchev–Trinajstić information content (AvgIpc) is 2.47. The predicted molar refractivity (Wildman–Crippen MR) is 85.3 cm³/mol. The molecule has 2 aromatic rings. The van der Waals surface area contributed by atoms with Crippen LogP contribution in [0.5, 0.6) is 0 Å². The summed E-state index contributed by atoms with van der Waals surface area (Å²) in [6, 6.07) is 15.9. The van der Waals surface area contributed by atoms with Crippen LogP contribution in [0.15, 0.2) is 53.0 Å². The van der Waals surface area contributed by atoms with Crippen molar-refractivity contribution in [2.45, 2.75) is 25.8 Å². The minimum Gasteiger partial charge on any atom is -0.310 e. The van der Waals surface area contributed by atoms with E-state index in [1.807, 2.05) is 18.2 Å². The lowest BCUT2D eigenvalue weighted by Crippen LogP contribution is -2.21. The molecular weight excluding hydrogens is 317 g/mol. The molecule has 1 atom stereocenters. The first-order valence-corrected chi connectivity index (χ1v) is 7.72. The van der Waals surface area contributed by atoms with Gasteiger partial charge in [-0.1, -0.05) is 43.3 Å². The fourth-order valence-corrected chi connectivity index (χ4v) is 2.71. The van der Waals surface area contributed by atoms with E-state index in [-0.39, 0.29) is 11.9 Å². The molecule has 1 unspecified atom stereocenters. The molecule has 0 aliphatic heterocycles. The Kier molecular flexibility index (Phi) is 5.74. The standard InChI is InChI=1S/C17H19BrFN/c1-2-20-17(11-8-13-6-4-3-5-7-13)14-9-10-16(19)15(18)12-14/h3-7,9-10,12,17,20H,2,8,11H2,1H3. The van der Waals surface area contributed by atoms with Gasteiger partial charge in [0.1, 0.15) is 5.82 Å². The van der Waals surface area contributed by atoms with Crippen molar-refractivity contribution < 1.29 is 4.39 Å². The fourth-order valence-electron chi connectivity index (χ4n) is 2.32. The Labute approximate surface area is 128 Å². The van der Waals surface area contributed by atoms with E-state index < -0.39 is 0 Å². The quantitative estimate of drug-likeness (QED) is 0.793. The Balaban J connectivity index is 2.08. The molecule has 0 spiro atoms. The maximum Gasteiger partial charge on any atom is 0.137 e. The summed E-state index contributed by atoms with van der Waals surface area (Å²) in [5.74, 6) is -0.216. The molecule has 0 aromatic heterocycles. The Bertz CT molecular complexity index is 542. The van der Waals surface area contributed by atoms with Gasteiger partial charge in [0.05, 0.1) is 4.47 Å². The van der Waals surface area contributed by atoms with Gasteiger partial charge in [0.2, 0.25) is 0 Å². The maximum absolute atomic E-state index is 13.3. The zero-order valence-electron chi connectivity index (χ0n) is 11.6. The van der Waals surface area contributed by atoms with Gasteiger partial charge < -0.3 is 5.32 Å². The van der Waals surface area contributed by atoms with E-state index in [0.717, 1.165) is 24.9 Å². The monoisotopic (exact) mass is 335 g/mol. The lowest BCUT2D eigenvalue weighted by Gasteiger charge is -2.19. The molecule has 20 heavy (non-hydrogen) atoms. The highest BCUT2D eigenvalue weighted by Gasteiger charge is 2.12. The Morgan fingerprint density at radius 3 is 2.55 bits per heavy atom. The lowest BCUT2D eigenvalue weighted by molar-refractivity contribution is 0.513. The first-order valence-electron chi connectivity index (χ1n) is 6.93. The Morgan fingerprint density at radius 2 is 1.90 bits per heavy atom. The van der Waals surface area contributed by atoms with Crippen LogP contribution in [0.2, 0.25) is 0 Å². The predicted octanol–water partition coefficient (Wildman–Crippen LogP) is 4.87. The van der Waals surface area contributed by atoms with Crippen molar-refractivity contribution in [1.82, 2.24) is 5.32 Å². The van der Waals surface area contributed by atoms with Gasteiger partial charge in [0.15, 0.2) is 0 Å². The minimum absolute atomic E-state index is 0.216. The summed E-state index contributed by atoms with van der Waals surface area (Å²) in [5.41, 5.74) is 2.45. The first-order chi connectivity index (χ1) is 9.70. The molecule has 0 radical (unpaired) electrons. The van der Waals surface area contributed by atoms with E-state index in [9.17, 15) is 4.39 Å². The third-order valence-corrected chi connectivity index (χ3v) is 3.97. The van der Waals surface area contributed by atoms with E-state index in [1.54, 1.807) is 0 Å². The molecule has 0 saturated carbocycles. The van der Waals surface area contributed by atoms with E-state index >= 15 is 0 Å². The second-order valence-corrected chi connectivity index (χ2v) is 5.66. The summed E-state index contributed by atoms with van der Waals surface area (Å²) >= 11 is 3.26. The van der Waals surface area contributed by atoms with Gasteiger partial charge in [-0.2, -0.15) is 0 Å². The number of aryl methyl sites for hydroxylation is 1. The van der Waals surface area contributed by atoms with Crippen LogP contribution in [0, 0.1) is 5.82 Å². The number of halogens is 2. The molecule has 0 fully saturated rings. The van der Waals surface area contributed by atoms with Crippen molar-refractivity contribution in [1.29, 1.82) is 0 Å². The topological polar surface area (TPSA) is 12.0 Å². The van der Waals surface area contributed by atoms with E-state index in [2.05, 4.69) is 52.4 Å². The largest absolute Gasteiger partial charge is 0.310 e. The number of hydrogen-bond donors (Lipinski definition) is 1. The molecule has 106 valence electrons. The van der Waals surface area contributed by atoms with Crippen LogP contribution in [0.25, 0.3) is 0 Å². The van der Waals surface area contributed by atoms with Crippen LogP contribution < -0.4 is 5.32 Å². The van der Waals surface area contributed by atoms with Crippen LogP contribution in [0.3, 0.4) is 0 Å². The van der Waals surface area contributed by atoms with Crippen LogP contribution >= 0.6 is 15.9 Å². The average molecular weight is 336 g/mol. The van der Waals surface area contributed by atoms with Crippen molar-refractivity contribution in [3.63, 3.8) is 0 Å². The van der Waals surface area contributed by atoms with Gasteiger partial charge in [0, 0.05) is 6.04 Å². The summed E-state index contributed by atoms with van der Waals surface area (Å²) in [6.07, 6.45) is 2.00. The number of nitrogens with one attached hydrogen (secondary N) is 1. The van der Waals surface area contributed by atoms with E-state index in [1.165, 1.54) is 11.6 Å². The van der Waals surface area contributed by atoms with Crippen LogP contribution in [0.4, 0.5) is 4.39 Å². The van der Waals surface area contributed by atoms with Crippen molar-refractivity contribution in [3.05, 3.63) is 69.9 Å². The molecule has 0 heterocycles. The Hall–Kier alpha value is -1.19. The lowest BCUT2D eigenvalue weighted by atomic mass is 9.99. The van der Waals surface area contributed by atoms with Crippen LogP contribution in [-0.2, 0) is 6.42 Å². The smallest absolute Gasteiger partial charge is 0.137 e. The summed E-state index contributed by atoms with van der Waals surface area (Å²) in [7, 11) is 0. The molecule has 0 amide bonds. The molecule has 0 bridgehead atoms. The van der Waals surface area contributed by atoms with Crippen molar-refractivity contribution >= 4 is 15.9 Å². The molecule has 0 aliphatic rings. The second kappa shape index (κ2) is 7.55. The number of hydrogen-bond acceptors (Lipinski definition) is 1. The molecule has 0 aliphatic carbocycles. The van der Waals surface area contributed by atoms with Gasteiger partial charge in [-0.25, -0.2) is 4.39 Å². The van der Waals surface area contributed by atoms with Crippen molar-refractivity contribution in [2.24, 2.45) is 0 Å². The molecule has 1 nitrogen and oxygen atoms in total. The zero-order chi connectivity index (χ0) is 14.4. The fraction of sp³-hybridized carbons (Fsp3) is 0.294. The highest BCUT2D eigenvalue weighted by molar-refractivity contribution is 9.10. The van der Waals surface area contributed by atoms with Gasteiger partial charge in [0.25, 0.3) is 0 Å². The van der Waals surface area contributed by atoms with Crippen LogP contribution in [0.1, 0.15) is 30.5 Å².